The van der Waals surface area contributed by atoms with Gasteiger partial charge < -0.3 is 0 Å². The molecule has 0 saturated heterocycles. The van der Waals surface area contributed by atoms with Crippen molar-refractivity contribution in [3.63, 3.8) is 0 Å². The van der Waals surface area contributed by atoms with E-state index in [1.807, 2.05) is 0 Å². The van der Waals surface area contributed by atoms with E-state index in [2.05, 4.69) is 119 Å². The highest BCUT2D eigenvalue weighted by atomic mass is 14.3. The quantitative estimate of drug-likeness (QED) is 0.462. The Balaban J connectivity index is 2.45. The van der Waals surface area contributed by atoms with Crippen LogP contribution >= 0.6 is 0 Å². The molecule has 0 heterocycles. The lowest BCUT2D eigenvalue weighted by Crippen LogP contribution is -2.25. The Morgan fingerprint density at radius 1 is 0.452 bits per heavy atom. The van der Waals surface area contributed by atoms with E-state index in [1.165, 1.54) is 34.2 Å². The molecule has 0 N–H and O–H groups in total. The second-order valence-corrected chi connectivity index (χ2v) is 13.6. The number of aryl methyl sites for hydroxylation is 2. The van der Waals surface area contributed by atoms with Crippen LogP contribution < -0.4 is 0 Å². The first-order valence-corrected chi connectivity index (χ1v) is 12.2. The molecule has 0 radical (unpaired) electrons. The summed E-state index contributed by atoms with van der Waals surface area (Å²) in [5.74, 6) is 0. The first kappa shape index (κ1) is 25.7. The van der Waals surface area contributed by atoms with Gasteiger partial charge in [0.25, 0.3) is 0 Å². The molecule has 2 aromatic rings. The van der Waals surface area contributed by atoms with Crippen molar-refractivity contribution in [1.82, 2.24) is 0 Å². The van der Waals surface area contributed by atoms with E-state index in [1.54, 1.807) is 5.56 Å². The van der Waals surface area contributed by atoms with E-state index in [9.17, 15) is 0 Å². The van der Waals surface area contributed by atoms with Crippen LogP contribution in [0.15, 0.2) is 36.4 Å². The average Bonchev–Trinajstić information content (AvgIpc) is 2.58. The Bertz CT molecular complexity index is 884. The third kappa shape index (κ3) is 6.47. The molecule has 2 rings (SSSR count). The van der Waals surface area contributed by atoms with Gasteiger partial charge in [0.1, 0.15) is 0 Å². The highest BCUT2D eigenvalue weighted by molar-refractivity contribution is 5.47. The highest BCUT2D eigenvalue weighted by Crippen LogP contribution is 2.39. The minimum Gasteiger partial charge on any atom is -0.0620 e. The van der Waals surface area contributed by atoms with E-state index in [0.29, 0.717) is 0 Å². The molecule has 172 valence electrons. The number of rotatable bonds is 4. The van der Waals surface area contributed by atoms with Crippen LogP contribution in [-0.2, 0) is 34.5 Å². The lowest BCUT2D eigenvalue weighted by molar-refractivity contribution is 0.519. The second-order valence-electron chi connectivity index (χ2n) is 13.6. The van der Waals surface area contributed by atoms with Gasteiger partial charge in [-0.3, -0.25) is 0 Å². The van der Waals surface area contributed by atoms with Gasteiger partial charge in [-0.25, -0.2) is 0 Å². The van der Waals surface area contributed by atoms with Crippen molar-refractivity contribution in [1.29, 1.82) is 0 Å². The summed E-state index contributed by atoms with van der Waals surface area (Å²) in [6.07, 6.45) is 3.47. The van der Waals surface area contributed by atoms with Gasteiger partial charge >= 0.3 is 0 Å². The summed E-state index contributed by atoms with van der Waals surface area (Å²) in [5.41, 5.74) is 9.72. The minimum atomic E-state index is 0.145. The van der Waals surface area contributed by atoms with Gasteiger partial charge in [-0.2, -0.15) is 0 Å². The maximum Gasteiger partial charge on any atom is -0.0129 e. The van der Waals surface area contributed by atoms with Gasteiger partial charge in [-0.1, -0.05) is 119 Å². The lowest BCUT2D eigenvalue weighted by atomic mass is 9.70. The van der Waals surface area contributed by atoms with Crippen LogP contribution in [-0.4, -0.2) is 0 Å². The summed E-state index contributed by atoms with van der Waals surface area (Å²) in [5, 5.41) is 0. The van der Waals surface area contributed by atoms with Crippen molar-refractivity contribution in [2.24, 2.45) is 0 Å². The van der Waals surface area contributed by atoms with Gasteiger partial charge in [0, 0.05) is 0 Å². The summed E-state index contributed by atoms with van der Waals surface area (Å²) in [6.45, 7) is 28.2. The summed E-state index contributed by atoms with van der Waals surface area (Å²) in [4.78, 5) is 0. The molecular weight excluding hydrogens is 372 g/mol. The van der Waals surface area contributed by atoms with Crippen molar-refractivity contribution in [2.45, 2.75) is 124 Å². The third-order valence-electron chi connectivity index (χ3n) is 6.39. The van der Waals surface area contributed by atoms with Crippen LogP contribution in [0.2, 0.25) is 0 Å². The van der Waals surface area contributed by atoms with Crippen molar-refractivity contribution >= 4 is 0 Å². The van der Waals surface area contributed by atoms with Crippen LogP contribution in [0.3, 0.4) is 0 Å². The van der Waals surface area contributed by atoms with E-state index in [4.69, 9.17) is 0 Å². The van der Waals surface area contributed by atoms with Crippen LogP contribution in [0, 0.1) is 0 Å². The molecule has 0 spiro atoms. The van der Waals surface area contributed by atoms with Crippen LogP contribution in [0.4, 0.5) is 0 Å². The SMILES string of the molecule is CC(C)(C)c1ccccc1CCCc1cc(C(C)(C)C)c(C(C)(C)C)cc1C(C)(C)C. The monoisotopic (exact) mass is 420 g/mol. The number of benzene rings is 2. The molecular formula is C31H48. The van der Waals surface area contributed by atoms with Crippen molar-refractivity contribution in [3.8, 4) is 0 Å². The largest absolute Gasteiger partial charge is 0.0620 e. The Morgan fingerprint density at radius 2 is 0.871 bits per heavy atom. The topological polar surface area (TPSA) is 0 Å². The first-order chi connectivity index (χ1) is 13.9. The minimum absolute atomic E-state index is 0.145. The Hall–Kier alpha value is -1.56. The zero-order valence-corrected chi connectivity index (χ0v) is 22.6. The maximum absolute atomic E-state index is 2.55. The molecule has 0 amide bonds. The predicted molar refractivity (Wildman–Crippen MR) is 140 cm³/mol. The molecule has 31 heavy (non-hydrogen) atoms. The fourth-order valence-corrected chi connectivity index (χ4v) is 4.73. The molecule has 0 aliphatic heterocycles. The Kier molecular flexibility index (Phi) is 7.26. The van der Waals surface area contributed by atoms with Gasteiger partial charge in [0.2, 0.25) is 0 Å². The zero-order valence-electron chi connectivity index (χ0n) is 22.6. The number of hydrogen-bond donors (Lipinski definition) is 0. The fraction of sp³-hybridized carbons (Fsp3) is 0.613. The van der Waals surface area contributed by atoms with Gasteiger partial charge in [-0.15, -0.1) is 0 Å². The maximum atomic E-state index is 2.55. The number of hydrogen-bond acceptors (Lipinski definition) is 0. The van der Waals surface area contributed by atoms with Crippen LogP contribution in [0.25, 0.3) is 0 Å². The molecule has 0 bridgehead atoms. The van der Waals surface area contributed by atoms with Gasteiger partial charge in [0.15, 0.2) is 0 Å². The average molecular weight is 421 g/mol. The lowest BCUT2D eigenvalue weighted by Gasteiger charge is -2.34. The Labute approximate surface area is 193 Å². The fourth-order valence-electron chi connectivity index (χ4n) is 4.73. The normalized spacial score (nSPS) is 13.5. The van der Waals surface area contributed by atoms with E-state index in [0.717, 1.165) is 12.8 Å². The zero-order chi connectivity index (χ0) is 23.8. The van der Waals surface area contributed by atoms with Gasteiger partial charge in [-0.05, 0) is 74.3 Å². The molecule has 0 aliphatic carbocycles. The van der Waals surface area contributed by atoms with E-state index in [-0.39, 0.29) is 21.7 Å². The summed E-state index contributed by atoms with van der Waals surface area (Å²) < 4.78 is 0. The molecule has 0 atom stereocenters. The molecule has 0 saturated carbocycles. The smallest absolute Gasteiger partial charge is 0.0129 e. The van der Waals surface area contributed by atoms with Crippen molar-refractivity contribution in [2.75, 3.05) is 0 Å². The molecule has 0 aromatic heterocycles. The predicted octanol–water partition coefficient (Wildman–Crippen LogP) is 9.05. The molecule has 0 fully saturated rings. The van der Waals surface area contributed by atoms with Crippen LogP contribution in [0.5, 0.6) is 0 Å². The van der Waals surface area contributed by atoms with Gasteiger partial charge in [0.05, 0.1) is 0 Å². The molecule has 2 aromatic carbocycles. The summed E-state index contributed by atoms with van der Waals surface area (Å²) >= 11 is 0. The van der Waals surface area contributed by atoms with Crippen molar-refractivity contribution in [3.05, 3.63) is 69.8 Å². The van der Waals surface area contributed by atoms with Crippen molar-refractivity contribution < 1.29 is 0 Å². The molecule has 0 aliphatic rings. The summed E-state index contributed by atoms with van der Waals surface area (Å²) in [6, 6.07) is 14.1. The second kappa shape index (κ2) is 8.76. The van der Waals surface area contributed by atoms with Crippen LogP contribution in [0.1, 0.15) is 123 Å². The first-order valence-electron chi connectivity index (χ1n) is 12.2. The highest BCUT2D eigenvalue weighted by Gasteiger charge is 2.29. The Morgan fingerprint density at radius 3 is 1.35 bits per heavy atom. The molecule has 0 unspecified atom stereocenters. The third-order valence-corrected chi connectivity index (χ3v) is 6.39. The molecule has 0 heteroatoms. The molecule has 0 nitrogen and oxygen atoms in total. The van der Waals surface area contributed by atoms with E-state index < -0.39 is 0 Å². The summed E-state index contributed by atoms with van der Waals surface area (Å²) in [7, 11) is 0. The standard InChI is InChI=1S/C31H48/c1-28(2,3)24-19-14-13-16-22(24)17-15-18-23-20-26(30(7,8)9)27(31(10,11)12)21-25(23)29(4,5)6/h13-14,16,19-21H,15,17-18H2,1-12H3. The van der Waals surface area contributed by atoms with E-state index >= 15 is 0 Å².